The Balaban J connectivity index is 1.33. The molecule has 4 rings (SSSR count). The van der Waals surface area contributed by atoms with Crippen LogP contribution in [0.15, 0.2) is 77.3 Å². The average Bonchev–Trinajstić information content (AvgIpc) is 3.20. The molecule has 28 heavy (non-hydrogen) atoms. The second-order valence-corrected chi connectivity index (χ2v) is 6.26. The van der Waals surface area contributed by atoms with E-state index in [1.807, 2.05) is 36.4 Å². The first-order chi connectivity index (χ1) is 13.7. The minimum absolute atomic E-state index is 0.166. The van der Waals surface area contributed by atoms with Crippen molar-refractivity contribution in [3.8, 4) is 17.1 Å². The van der Waals surface area contributed by atoms with E-state index in [2.05, 4.69) is 16.5 Å². The zero-order chi connectivity index (χ0) is 19.3. The zero-order valence-corrected chi connectivity index (χ0v) is 14.9. The van der Waals surface area contributed by atoms with Gasteiger partial charge >= 0.3 is 0 Å². The zero-order valence-electron chi connectivity index (χ0n) is 14.9. The quantitative estimate of drug-likeness (QED) is 0.544. The highest BCUT2D eigenvalue weighted by Crippen LogP contribution is 2.25. The lowest BCUT2D eigenvalue weighted by Gasteiger charge is -2.06. The molecule has 3 aromatic carbocycles. The molecular formula is C22H17FN2O3. The summed E-state index contributed by atoms with van der Waals surface area (Å²) in [6, 6.07) is 21.4. The number of aromatic nitrogens is 1. The molecule has 0 aliphatic carbocycles. The van der Waals surface area contributed by atoms with Crippen LogP contribution in [0.1, 0.15) is 5.69 Å². The fraction of sp³-hybridized carbons (Fsp3) is 0.0909. The van der Waals surface area contributed by atoms with E-state index in [9.17, 15) is 9.18 Å². The van der Waals surface area contributed by atoms with Gasteiger partial charge in [0.1, 0.15) is 17.3 Å². The lowest BCUT2D eigenvalue weighted by atomic mass is 10.1. The van der Waals surface area contributed by atoms with Gasteiger partial charge in [0.25, 0.3) is 5.91 Å². The van der Waals surface area contributed by atoms with Crippen molar-refractivity contribution in [2.24, 2.45) is 0 Å². The Kier molecular flexibility index (Phi) is 5.01. The fourth-order valence-corrected chi connectivity index (χ4v) is 2.79. The summed E-state index contributed by atoms with van der Waals surface area (Å²) in [6.45, 7) is 0.0592. The molecule has 0 saturated heterocycles. The minimum atomic E-state index is -0.356. The molecule has 5 nitrogen and oxygen atoms in total. The summed E-state index contributed by atoms with van der Waals surface area (Å²) in [4.78, 5) is 11.9. The molecule has 0 bridgehead atoms. The molecule has 140 valence electrons. The van der Waals surface area contributed by atoms with E-state index in [1.54, 1.807) is 6.07 Å². The van der Waals surface area contributed by atoms with Crippen LogP contribution < -0.4 is 10.1 Å². The molecule has 0 fully saturated rings. The molecule has 1 heterocycles. The Bertz CT molecular complexity index is 1110. The molecule has 0 spiro atoms. The van der Waals surface area contributed by atoms with Crippen LogP contribution in [-0.4, -0.2) is 17.7 Å². The number of hydrogen-bond donors (Lipinski definition) is 1. The normalized spacial score (nSPS) is 10.8. The molecule has 1 aromatic heterocycles. The van der Waals surface area contributed by atoms with E-state index in [0.717, 1.165) is 16.3 Å². The van der Waals surface area contributed by atoms with Crippen LogP contribution >= 0.6 is 0 Å². The van der Waals surface area contributed by atoms with Crippen LogP contribution in [0.5, 0.6) is 5.75 Å². The summed E-state index contributed by atoms with van der Waals surface area (Å²) in [6.07, 6.45) is 0. The molecule has 6 heteroatoms. The van der Waals surface area contributed by atoms with Crippen LogP contribution in [0.3, 0.4) is 0 Å². The predicted molar refractivity (Wildman–Crippen MR) is 103 cm³/mol. The second kappa shape index (κ2) is 7.92. The van der Waals surface area contributed by atoms with E-state index in [4.69, 9.17) is 9.26 Å². The third-order valence-electron chi connectivity index (χ3n) is 4.24. The number of carbonyl (C=O) groups is 1. The Morgan fingerprint density at radius 2 is 1.79 bits per heavy atom. The third-order valence-corrected chi connectivity index (χ3v) is 4.24. The molecule has 1 amide bonds. The maximum Gasteiger partial charge on any atom is 0.258 e. The number of amides is 1. The van der Waals surface area contributed by atoms with E-state index in [1.165, 1.54) is 24.3 Å². The highest BCUT2D eigenvalue weighted by atomic mass is 19.1. The Morgan fingerprint density at radius 1 is 1.00 bits per heavy atom. The van der Waals surface area contributed by atoms with Crippen LogP contribution in [0.4, 0.5) is 4.39 Å². The van der Waals surface area contributed by atoms with Gasteiger partial charge < -0.3 is 14.6 Å². The maximum atomic E-state index is 12.8. The minimum Gasteiger partial charge on any atom is -0.484 e. The van der Waals surface area contributed by atoms with Gasteiger partial charge in [-0.15, -0.1) is 0 Å². The number of benzene rings is 3. The molecule has 4 aromatic rings. The van der Waals surface area contributed by atoms with Gasteiger partial charge in [-0.3, -0.25) is 4.79 Å². The van der Waals surface area contributed by atoms with Gasteiger partial charge in [-0.25, -0.2) is 4.39 Å². The smallest absolute Gasteiger partial charge is 0.258 e. The first kappa shape index (κ1) is 17.7. The molecule has 0 radical (unpaired) electrons. The summed E-state index contributed by atoms with van der Waals surface area (Å²) < 4.78 is 23.6. The largest absolute Gasteiger partial charge is 0.484 e. The summed E-state index contributed by atoms with van der Waals surface area (Å²) in [7, 11) is 0. The van der Waals surface area contributed by atoms with Crippen molar-refractivity contribution in [2.45, 2.75) is 6.54 Å². The summed E-state index contributed by atoms with van der Waals surface area (Å²) in [5.74, 6) is 0.402. The third kappa shape index (κ3) is 4.17. The first-order valence-electron chi connectivity index (χ1n) is 8.77. The first-order valence-corrected chi connectivity index (χ1v) is 8.77. The lowest BCUT2D eigenvalue weighted by Crippen LogP contribution is -2.28. The van der Waals surface area contributed by atoms with E-state index in [-0.39, 0.29) is 24.9 Å². The van der Waals surface area contributed by atoms with Crippen molar-refractivity contribution >= 4 is 16.7 Å². The SMILES string of the molecule is O=C(COc1ccc(F)cc1)NCc1cc(-c2ccc3ccccc3c2)on1. The van der Waals surface area contributed by atoms with Gasteiger partial charge in [0.2, 0.25) is 0 Å². The van der Waals surface area contributed by atoms with Crippen LogP contribution in [0.2, 0.25) is 0 Å². The Hall–Kier alpha value is -3.67. The summed E-state index contributed by atoms with van der Waals surface area (Å²) in [5, 5.41) is 8.98. The van der Waals surface area contributed by atoms with Crippen molar-refractivity contribution in [3.05, 3.63) is 84.3 Å². The van der Waals surface area contributed by atoms with Gasteiger partial charge in [-0.1, -0.05) is 41.6 Å². The number of fused-ring (bicyclic) bond motifs is 1. The summed E-state index contributed by atoms with van der Waals surface area (Å²) in [5.41, 5.74) is 1.53. The number of halogens is 1. The van der Waals surface area contributed by atoms with Crippen molar-refractivity contribution in [1.29, 1.82) is 0 Å². The number of hydrogen-bond acceptors (Lipinski definition) is 4. The highest BCUT2D eigenvalue weighted by Gasteiger charge is 2.09. The van der Waals surface area contributed by atoms with E-state index in [0.29, 0.717) is 17.2 Å². The topological polar surface area (TPSA) is 64.4 Å². The molecule has 1 N–H and O–H groups in total. The van der Waals surface area contributed by atoms with Crippen LogP contribution in [0.25, 0.3) is 22.1 Å². The average molecular weight is 376 g/mol. The van der Waals surface area contributed by atoms with Crippen LogP contribution in [-0.2, 0) is 11.3 Å². The number of nitrogens with zero attached hydrogens (tertiary/aromatic N) is 1. The van der Waals surface area contributed by atoms with Gasteiger partial charge in [0, 0.05) is 11.6 Å². The van der Waals surface area contributed by atoms with Gasteiger partial charge in [-0.05, 0) is 41.1 Å². The van der Waals surface area contributed by atoms with Crippen molar-refractivity contribution in [3.63, 3.8) is 0 Å². The lowest BCUT2D eigenvalue weighted by molar-refractivity contribution is -0.123. The van der Waals surface area contributed by atoms with E-state index >= 15 is 0 Å². The predicted octanol–water partition coefficient (Wildman–Crippen LogP) is 4.33. The van der Waals surface area contributed by atoms with Crippen molar-refractivity contribution < 1.29 is 18.4 Å². The van der Waals surface area contributed by atoms with Crippen molar-refractivity contribution in [1.82, 2.24) is 10.5 Å². The Labute approximate surface area is 160 Å². The molecular weight excluding hydrogens is 359 g/mol. The second-order valence-electron chi connectivity index (χ2n) is 6.26. The standard InChI is InChI=1S/C22H17FN2O3/c23-18-7-9-20(10-8-18)27-14-22(26)24-13-19-12-21(28-25-19)17-6-5-15-3-1-2-4-16(15)11-17/h1-12H,13-14H2,(H,24,26). The van der Waals surface area contributed by atoms with Crippen molar-refractivity contribution in [2.75, 3.05) is 6.61 Å². The van der Waals surface area contributed by atoms with Gasteiger partial charge in [0.15, 0.2) is 12.4 Å². The molecule has 0 saturated carbocycles. The van der Waals surface area contributed by atoms with Crippen LogP contribution in [0, 0.1) is 5.82 Å². The number of nitrogens with one attached hydrogen (secondary N) is 1. The number of rotatable bonds is 6. The summed E-state index contributed by atoms with van der Waals surface area (Å²) >= 11 is 0. The molecule has 0 atom stereocenters. The maximum absolute atomic E-state index is 12.8. The molecule has 0 aliphatic rings. The monoisotopic (exact) mass is 376 g/mol. The van der Waals surface area contributed by atoms with Gasteiger partial charge in [0.05, 0.1) is 6.54 Å². The van der Waals surface area contributed by atoms with E-state index < -0.39 is 0 Å². The molecule has 0 aliphatic heterocycles. The number of ether oxygens (including phenoxy) is 1. The fourth-order valence-electron chi connectivity index (χ4n) is 2.79. The highest BCUT2D eigenvalue weighted by molar-refractivity contribution is 5.86. The van der Waals surface area contributed by atoms with Gasteiger partial charge in [-0.2, -0.15) is 0 Å². The Morgan fingerprint density at radius 3 is 2.61 bits per heavy atom. The number of carbonyl (C=O) groups excluding carboxylic acids is 1. The molecule has 0 unspecified atom stereocenters.